The molecule has 144 valence electrons. The highest BCUT2D eigenvalue weighted by molar-refractivity contribution is 6.31. The third-order valence-electron chi connectivity index (χ3n) is 4.21. The molecule has 6 nitrogen and oxygen atoms in total. The smallest absolute Gasteiger partial charge is 0.243 e. The number of amides is 1. The number of carbonyl (C=O) groups excluding carboxylic acids is 1. The van der Waals surface area contributed by atoms with Gasteiger partial charge in [0.2, 0.25) is 5.91 Å². The van der Waals surface area contributed by atoms with Crippen LogP contribution in [0, 0.1) is 0 Å². The molecule has 2 aromatic carbocycles. The van der Waals surface area contributed by atoms with Gasteiger partial charge in [-0.25, -0.2) is 0 Å². The van der Waals surface area contributed by atoms with E-state index in [0.717, 1.165) is 24.5 Å². The van der Waals surface area contributed by atoms with Crippen LogP contribution < -0.4 is 20.3 Å². The molecule has 7 heteroatoms. The molecular formula is C20H24ClN3O3. The molecule has 2 N–H and O–H groups in total. The van der Waals surface area contributed by atoms with Crippen molar-refractivity contribution in [3.05, 3.63) is 47.5 Å². The first kappa shape index (κ1) is 19.3. The molecule has 0 aliphatic carbocycles. The van der Waals surface area contributed by atoms with E-state index >= 15 is 0 Å². The second kappa shape index (κ2) is 9.48. The van der Waals surface area contributed by atoms with Crippen molar-refractivity contribution in [1.82, 2.24) is 0 Å². The Morgan fingerprint density at radius 3 is 2.74 bits per heavy atom. The lowest BCUT2D eigenvalue weighted by molar-refractivity contribution is -0.114. The average molecular weight is 390 g/mol. The van der Waals surface area contributed by atoms with Gasteiger partial charge in [0.15, 0.2) is 0 Å². The molecule has 1 aliphatic rings. The lowest BCUT2D eigenvalue weighted by Gasteiger charge is -2.30. The fraction of sp³-hybridized carbons (Fsp3) is 0.350. The Hall–Kier alpha value is -2.44. The summed E-state index contributed by atoms with van der Waals surface area (Å²) in [7, 11) is 0. The van der Waals surface area contributed by atoms with E-state index in [1.54, 1.807) is 0 Å². The zero-order chi connectivity index (χ0) is 19.1. The van der Waals surface area contributed by atoms with Crippen molar-refractivity contribution in [1.29, 1.82) is 0 Å². The molecule has 0 saturated carbocycles. The molecule has 1 amide bonds. The molecule has 0 radical (unpaired) electrons. The van der Waals surface area contributed by atoms with Crippen molar-refractivity contribution >= 4 is 34.6 Å². The zero-order valence-corrected chi connectivity index (χ0v) is 16.1. The van der Waals surface area contributed by atoms with Crippen LogP contribution in [0.5, 0.6) is 5.75 Å². The molecule has 1 aliphatic heterocycles. The number of hydrogen-bond donors (Lipinski definition) is 2. The minimum Gasteiger partial charge on any atom is -0.492 e. The monoisotopic (exact) mass is 389 g/mol. The van der Waals surface area contributed by atoms with E-state index < -0.39 is 0 Å². The first-order valence-electron chi connectivity index (χ1n) is 9.05. The molecule has 1 fully saturated rings. The second-order valence-electron chi connectivity index (χ2n) is 6.09. The van der Waals surface area contributed by atoms with E-state index in [1.165, 1.54) is 0 Å². The van der Waals surface area contributed by atoms with E-state index in [2.05, 4.69) is 15.5 Å². The maximum Gasteiger partial charge on any atom is 0.243 e. The SMILES string of the molecule is CCOc1ccccc1NC(=O)CNc1cc(Cl)ccc1N1CCOCC1. The van der Waals surface area contributed by atoms with E-state index in [1.807, 2.05) is 49.4 Å². The van der Waals surface area contributed by atoms with Gasteiger partial charge in [-0.15, -0.1) is 0 Å². The van der Waals surface area contributed by atoms with Gasteiger partial charge in [-0.2, -0.15) is 0 Å². The van der Waals surface area contributed by atoms with Gasteiger partial charge in [0.25, 0.3) is 0 Å². The van der Waals surface area contributed by atoms with Gasteiger partial charge in [-0.3, -0.25) is 4.79 Å². The molecular weight excluding hydrogens is 366 g/mol. The maximum atomic E-state index is 12.4. The van der Waals surface area contributed by atoms with Crippen LogP contribution in [-0.2, 0) is 9.53 Å². The Morgan fingerprint density at radius 1 is 1.19 bits per heavy atom. The number of anilines is 3. The summed E-state index contributed by atoms with van der Waals surface area (Å²) in [6.45, 7) is 5.57. The van der Waals surface area contributed by atoms with Gasteiger partial charge in [0, 0.05) is 18.1 Å². The van der Waals surface area contributed by atoms with E-state index in [9.17, 15) is 4.79 Å². The Kier molecular flexibility index (Phi) is 6.79. The number of nitrogens with zero attached hydrogens (tertiary/aromatic N) is 1. The van der Waals surface area contributed by atoms with Crippen molar-refractivity contribution in [2.75, 3.05) is 55.0 Å². The van der Waals surface area contributed by atoms with E-state index in [4.69, 9.17) is 21.1 Å². The number of nitrogens with one attached hydrogen (secondary N) is 2. The van der Waals surface area contributed by atoms with Crippen molar-refractivity contribution < 1.29 is 14.3 Å². The lowest BCUT2D eigenvalue weighted by atomic mass is 10.2. The molecule has 27 heavy (non-hydrogen) atoms. The number of para-hydroxylation sites is 2. The summed E-state index contributed by atoms with van der Waals surface area (Å²) in [4.78, 5) is 14.6. The van der Waals surface area contributed by atoms with Crippen LogP contribution in [0.25, 0.3) is 0 Å². The van der Waals surface area contributed by atoms with E-state index in [0.29, 0.717) is 36.3 Å². The number of rotatable bonds is 7. The largest absolute Gasteiger partial charge is 0.492 e. The molecule has 3 rings (SSSR count). The predicted octanol–water partition coefficient (Wildman–Crippen LogP) is 3.63. The number of benzene rings is 2. The van der Waals surface area contributed by atoms with Crippen molar-refractivity contribution in [3.8, 4) is 5.75 Å². The topological polar surface area (TPSA) is 62.8 Å². The first-order chi connectivity index (χ1) is 13.2. The third kappa shape index (κ3) is 5.28. The van der Waals surface area contributed by atoms with Crippen LogP contribution in [-0.4, -0.2) is 45.4 Å². The summed E-state index contributed by atoms with van der Waals surface area (Å²) < 4.78 is 11.0. The highest BCUT2D eigenvalue weighted by Crippen LogP contribution is 2.30. The fourth-order valence-corrected chi connectivity index (χ4v) is 3.12. The minimum atomic E-state index is -0.157. The van der Waals surface area contributed by atoms with Crippen molar-refractivity contribution in [3.63, 3.8) is 0 Å². The van der Waals surface area contributed by atoms with Crippen molar-refractivity contribution in [2.24, 2.45) is 0 Å². The average Bonchev–Trinajstić information content (AvgIpc) is 2.69. The van der Waals surface area contributed by atoms with Crippen LogP contribution >= 0.6 is 11.6 Å². The quantitative estimate of drug-likeness (QED) is 0.757. The van der Waals surface area contributed by atoms with Gasteiger partial charge in [-0.1, -0.05) is 23.7 Å². The summed E-state index contributed by atoms with van der Waals surface area (Å²) in [5, 5.41) is 6.71. The number of carbonyl (C=O) groups is 1. The fourth-order valence-electron chi connectivity index (χ4n) is 2.95. The minimum absolute atomic E-state index is 0.123. The van der Waals surface area contributed by atoms with Crippen LogP contribution in [0.4, 0.5) is 17.1 Å². The molecule has 0 spiro atoms. The van der Waals surface area contributed by atoms with Crippen molar-refractivity contribution in [2.45, 2.75) is 6.92 Å². The molecule has 0 atom stereocenters. The number of hydrogen-bond acceptors (Lipinski definition) is 5. The Bertz CT molecular complexity index is 779. The van der Waals surface area contributed by atoms with Crippen LogP contribution in [0.1, 0.15) is 6.92 Å². The Labute approximate surface area is 164 Å². The summed E-state index contributed by atoms with van der Waals surface area (Å²) in [5.74, 6) is 0.500. The Balaban J connectivity index is 1.66. The van der Waals surface area contributed by atoms with Gasteiger partial charge >= 0.3 is 0 Å². The number of ether oxygens (including phenoxy) is 2. The molecule has 0 aromatic heterocycles. The molecule has 1 heterocycles. The predicted molar refractivity (Wildman–Crippen MR) is 109 cm³/mol. The molecule has 1 saturated heterocycles. The Morgan fingerprint density at radius 2 is 1.96 bits per heavy atom. The van der Waals surface area contributed by atoms with Gasteiger partial charge < -0.3 is 25.0 Å². The second-order valence-corrected chi connectivity index (χ2v) is 6.53. The zero-order valence-electron chi connectivity index (χ0n) is 15.3. The van der Waals surface area contributed by atoms with Gasteiger partial charge in [0.05, 0.1) is 43.4 Å². The van der Waals surface area contributed by atoms with Gasteiger partial charge in [-0.05, 0) is 37.3 Å². The molecule has 2 aromatic rings. The third-order valence-corrected chi connectivity index (χ3v) is 4.45. The molecule has 0 bridgehead atoms. The first-order valence-corrected chi connectivity index (χ1v) is 9.43. The highest BCUT2D eigenvalue weighted by Gasteiger charge is 2.16. The van der Waals surface area contributed by atoms with Crippen LogP contribution in [0.3, 0.4) is 0 Å². The number of morpholine rings is 1. The van der Waals surface area contributed by atoms with Crippen LogP contribution in [0.2, 0.25) is 5.02 Å². The summed E-state index contributed by atoms with van der Waals surface area (Å²) in [5.41, 5.74) is 2.51. The maximum absolute atomic E-state index is 12.4. The van der Waals surface area contributed by atoms with E-state index in [-0.39, 0.29) is 12.5 Å². The highest BCUT2D eigenvalue weighted by atomic mass is 35.5. The summed E-state index contributed by atoms with van der Waals surface area (Å²) in [6, 6.07) is 13.1. The number of halogens is 1. The normalized spacial score (nSPS) is 13.9. The lowest BCUT2D eigenvalue weighted by Crippen LogP contribution is -2.36. The molecule has 0 unspecified atom stereocenters. The van der Waals surface area contributed by atoms with Crippen LogP contribution in [0.15, 0.2) is 42.5 Å². The van der Waals surface area contributed by atoms with Gasteiger partial charge in [0.1, 0.15) is 5.75 Å². The standard InChI is InChI=1S/C20H24ClN3O3/c1-2-27-19-6-4-3-5-16(19)23-20(25)14-22-17-13-15(21)7-8-18(17)24-9-11-26-12-10-24/h3-8,13,22H,2,9-12,14H2,1H3,(H,23,25). The summed E-state index contributed by atoms with van der Waals surface area (Å²) >= 11 is 6.16. The summed E-state index contributed by atoms with van der Waals surface area (Å²) in [6.07, 6.45) is 0.